The quantitative estimate of drug-likeness (QED) is 0.839. The molecule has 0 aliphatic carbocycles. The second kappa shape index (κ2) is 7.50. The first-order chi connectivity index (χ1) is 9.66. The van der Waals surface area contributed by atoms with Crippen molar-refractivity contribution >= 4 is 23.2 Å². The minimum absolute atomic E-state index is 0.131. The summed E-state index contributed by atoms with van der Waals surface area (Å²) in [6, 6.07) is 4.95. The Kier molecular flexibility index (Phi) is 5.68. The Morgan fingerprint density at radius 3 is 2.60 bits per heavy atom. The first-order valence-corrected chi connectivity index (χ1v) is 7.60. The molecule has 1 aromatic rings. The lowest BCUT2D eigenvalue weighted by Crippen LogP contribution is -2.35. The van der Waals surface area contributed by atoms with Crippen LogP contribution in [0.25, 0.3) is 0 Å². The van der Waals surface area contributed by atoms with E-state index in [0.29, 0.717) is 22.8 Å². The largest absolute Gasteiger partial charge is 0.398 e. The molecule has 0 radical (unpaired) electrons. The number of carbonyl (C=O) groups excluding carboxylic acids is 1. The lowest BCUT2D eigenvalue weighted by atomic mass is 10.1. The van der Waals surface area contributed by atoms with Gasteiger partial charge in [0, 0.05) is 23.8 Å². The SMILES string of the molecule is Nc1cc(Cl)ccc1C(=O)NCCN1CCCCCC1. The Hall–Kier alpha value is -1.26. The fourth-order valence-corrected chi connectivity index (χ4v) is 2.70. The van der Waals surface area contributed by atoms with Crippen LogP contribution in [-0.2, 0) is 0 Å². The van der Waals surface area contributed by atoms with Crippen molar-refractivity contribution in [1.29, 1.82) is 0 Å². The molecular weight excluding hydrogens is 274 g/mol. The molecule has 20 heavy (non-hydrogen) atoms. The highest BCUT2D eigenvalue weighted by atomic mass is 35.5. The molecule has 0 aromatic heterocycles. The van der Waals surface area contributed by atoms with Crippen LogP contribution in [0.4, 0.5) is 5.69 Å². The van der Waals surface area contributed by atoms with Crippen LogP contribution < -0.4 is 11.1 Å². The number of halogens is 1. The maximum absolute atomic E-state index is 12.0. The van der Waals surface area contributed by atoms with Crippen molar-refractivity contribution in [1.82, 2.24) is 10.2 Å². The standard InChI is InChI=1S/C15H22ClN3O/c16-12-5-6-13(14(17)11-12)15(20)18-7-10-19-8-3-1-2-4-9-19/h5-6,11H,1-4,7-10,17H2,(H,18,20). The van der Waals surface area contributed by atoms with Gasteiger partial charge in [0.25, 0.3) is 5.91 Å². The molecule has 0 saturated carbocycles. The summed E-state index contributed by atoms with van der Waals surface area (Å²) < 4.78 is 0. The van der Waals surface area contributed by atoms with E-state index in [0.717, 1.165) is 19.6 Å². The third kappa shape index (κ3) is 4.39. The van der Waals surface area contributed by atoms with Gasteiger partial charge in [0.05, 0.1) is 5.56 Å². The van der Waals surface area contributed by atoms with Gasteiger partial charge in [-0.05, 0) is 44.1 Å². The monoisotopic (exact) mass is 295 g/mol. The number of hydrogen-bond donors (Lipinski definition) is 2. The molecule has 3 N–H and O–H groups in total. The molecule has 1 saturated heterocycles. The summed E-state index contributed by atoms with van der Waals surface area (Å²) in [5.41, 5.74) is 6.71. The molecule has 0 atom stereocenters. The van der Waals surface area contributed by atoms with Gasteiger partial charge >= 0.3 is 0 Å². The first-order valence-electron chi connectivity index (χ1n) is 7.22. The Morgan fingerprint density at radius 2 is 1.95 bits per heavy atom. The van der Waals surface area contributed by atoms with Crippen molar-refractivity contribution in [2.24, 2.45) is 0 Å². The maximum Gasteiger partial charge on any atom is 0.253 e. The highest BCUT2D eigenvalue weighted by molar-refractivity contribution is 6.31. The molecule has 2 rings (SSSR count). The summed E-state index contributed by atoms with van der Waals surface area (Å²) in [4.78, 5) is 14.4. The molecule has 110 valence electrons. The average molecular weight is 296 g/mol. The first kappa shape index (κ1) is 15.1. The highest BCUT2D eigenvalue weighted by Crippen LogP contribution is 2.17. The van der Waals surface area contributed by atoms with Crippen LogP contribution in [0.2, 0.25) is 5.02 Å². The molecule has 1 fully saturated rings. The molecule has 0 spiro atoms. The van der Waals surface area contributed by atoms with Crippen LogP contribution in [0.3, 0.4) is 0 Å². The van der Waals surface area contributed by atoms with E-state index in [2.05, 4.69) is 10.2 Å². The predicted molar refractivity (Wildman–Crippen MR) is 83.1 cm³/mol. The summed E-state index contributed by atoms with van der Waals surface area (Å²) >= 11 is 5.82. The molecule has 1 amide bonds. The van der Waals surface area contributed by atoms with Gasteiger partial charge in [0.1, 0.15) is 0 Å². The van der Waals surface area contributed by atoms with Gasteiger partial charge in [-0.1, -0.05) is 24.4 Å². The van der Waals surface area contributed by atoms with Crippen LogP contribution >= 0.6 is 11.6 Å². The molecule has 0 unspecified atom stereocenters. The number of amides is 1. The summed E-state index contributed by atoms with van der Waals surface area (Å²) in [5, 5.41) is 3.47. The smallest absolute Gasteiger partial charge is 0.253 e. The fourth-order valence-electron chi connectivity index (χ4n) is 2.52. The van der Waals surface area contributed by atoms with Crippen molar-refractivity contribution in [3.8, 4) is 0 Å². The lowest BCUT2D eigenvalue weighted by molar-refractivity contribution is 0.0949. The number of benzene rings is 1. The van der Waals surface area contributed by atoms with Crippen LogP contribution in [0.1, 0.15) is 36.0 Å². The Labute approximate surface area is 125 Å². The third-order valence-electron chi connectivity index (χ3n) is 3.67. The van der Waals surface area contributed by atoms with Gasteiger partial charge in [0.15, 0.2) is 0 Å². The lowest BCUT2D eigenvalue weighted by Gasteiger charge is -2.19. The molecule has 5 heteroatoms. The zero-order chi connectivity index (χ0) is 14.4. The summed E-state index contributed by atoms with van der Waals surface area (Å²) in [5.74, 6) is -0.131. The van der Waals surface area contributed by atoms with E-state index in [4.69, 9.17) is 17.3 Å². The molecule has 4 nitrogen and oxygen atoms in total. The second-order valence-electron chi connectivity index (χ2n) is 5.24. The number of nitrogens with zero attached hydrogens (tertiary/aromatic N) is 1. The zero-order valence-electron chi connectivity index (χ0n) is 11.7. The van der Waals surface area contributed by atoms with E-state index in [-0.39, 0.29) is 5.91 Å². The highest BCUT2D eigenvalue weighted by Gasteiger charge is 2.11. The number of likely N-dealkylation sites (tertiary alicyclic amines) is 1. The van der Waals surface area contributed by atoms with Crippen LogP contribution in [-0.4, -0.2) is 37.0 Å². The second-order valence-corrected chi connectivity index (χ2v) is 5.68. The van der Waals surface area contributed by atoms with Gasteiger partial charge in [-0.15, -0.1) is 0 Å². The Bertz CT molecular complexity index is 456. The zero-order valence-corrected chi connectivity index (χ0v) is 12.5. The van der Waals surface area contributed by atoms with Gasteiger partial charge in [0.2, 0.25) is 0 Å². The minimum atomic E-state index is -0.131. The summed E-state index contributed by atoms with van der Waals surface area (Å²) in [6.07, 6.45) is 5.17. The minimum Gasteiger partial charge on any atom is -0.398 e. The van der Waals surface area contributed by atoms with Gasteiger partial charge < -0.3 is 16.0 Å². The van der Waals surface area contributed by atoms with E-state index >= 15 is 0 Å². The topological polar surface area (TPSA) is 58.4 Å². The van der Waals surface area contributed by atoms with Crippen molar-refractivity contribution in [2.75, 3.05) is 31.9 Å². The number of hydrogen-bond acceptors (Lipinski definition) is 3. The van der Waals surface area contributed by atoms with E-state index in [1.165, 1.54) is 25.7 Å². The number of nitrogens with two attached hydrogens (primary N) is 1. The van der Waals surface area contributed by atoms with E-state index in [1.807, 2.05) is 0 Å². The van der Waals surface area contributed by atoms with Crippen molar-refractivity contribution in [2.45, 2.75) is 25.7 Å². The summed E-state index contributed by atoms with van der Waals surface area (Å²) in [7, 11) is 0. The maximum atomic E-state index is 12.0. The van der Waals surface area contributed by atoms with E-state index < -0.39 is 0 Å². The van der Waals surface area contributed by atoms with Gasteiger partial charge in [-0.25, -0.2) is 0 Å². The van der Waals surface area contributed by atoms with E-state index in [1.54, 1.807) is 18.2 Å². The number of anilines is 1. The Morgan fingerprint density at radius 1 is 1.25 bits per heavy atom. The number of rotatable bonds is 4. The molecular formula is C15H22ClN3O. The van der Waals surface area contributed by atoms with E-state index in [9.17, 15) is 4.79 Å². The van der Waals surface area contributed by atoms with Gasteiger partial charge in [-0.3, -0.25) is 4.79 Å². The van der Waals surface area contributed by atoms with Crippen molar-refractivity contribution in [3.63, 3.8) is 0 Å². The molecule has 1 aromatic carbocycles. The number of carbonyl (C=O) groups is 1. The molecule has 0 bridgehead atoms. The van der Waals surface area contributed by atoms with Gasteiger partial charge in [-0.2, -0.15) is 0 Å². The van der Waals surface area contributed by atoms with Crippen LogP contribution in [0, 0.1) is 0 Å². The van der Waals surface area contributed by atoms with Crippen molar-refractivity contribution in [3.05, 3.63) is 28.8 Å². The molecule has 1 aliphatic rings. The molecule has 1 heterocycles. The fraction of sp³-hybridized carbons (Fsp3) is 0.533. The van der Waals surface area contributed by atoms with Crippen LogP contribution in [0.5, 0.6) is 0 Å². The predicted octanol–water partition coefficient (Wildman–Crippen LogP) is 2.53. The normalized spacial score (nSPS) is 16.6. The number of nitrogens with one attached hydrogen (secondary N) is 1. The average Bonchev–Trinajstić information content (AvgIpc) is 2.67. The summed E-state index contributed by atoms with van der Waals surface area (Å²) in [6.45, 7) is 3.83. The number of nitrogen functional groups attached to an aromatic ring is 1. The third-order valence-corrected chi connectivity index (χ3v) is 3.91. The Balaban J connectivity index is 1.79. The van der Waals surface area contributed by atoms with Crippen molar-refractivity contribution < 1.29 is 4.79 Å². The molecule has 1 aliphatic heterocycles. The van der Waals surface area contributed by atoms with Crippen LogP contribution in [0.15, 0.2) is 18.2 Å².